The van der Waals surface area contributed by atoms with Crippen molar-refractivity contribution < 1.29 is 14.6 Å². The number of hydrogen-bond donors (Lipinski definition) is 1. The molecule has 6 atom stereocenters. The number of aliphatic hydroxyl groups excluding tert-OH is 1. The van der Waals surface area contributed by atoms with Gasteiger partial charge in [0.25, 0.3) is 0 Å². The Morgan fingerprint density at radius 1 is 0.854 bits per heavy atom. The van der Waals surface area contributed by atoms with Gasteiger partial charge in [-0.2, -0.15) is 0 Å². The molecule has 0 bridgehead atoms. The van der Waals surface area contributed by atoms with Crippen LogP contribution >= 0.6 is 0 Å². The highest BCUT2D eigenvalue weighted by Crippen LogP contribution is 2.65. The molecule has 1 spiro atoms. The van der Waals surface area contributed by atoms with Crippen molar-refractivity contribution in [3.63, 3.8) is 0 Å². The zero-order valence-corrected chi connectivity index (χ0v) is 25.3. The number of allylic oxidation sites excluding steroid dienone is 2. The van der Waals surface area contributed by atoms with Crippen LogP contribution in [0.5, 0.6) is 0 Å². The molecule has 3 saturated carbocycles. The maximum absolute atomic E-state index is 11.3. The highest BCUT2D eigenvalue weighted by molar-refractivity contribution is 5.47. The van der Waals surface area contributed by atoms with Crippen molar-refractivity contribution in [2.75, 3.05) is 13.2 Å². The minimum atomic E-state index is -0.392. The average Bonchev–Trinajstić information content (AvgIpc) is 3.27. The smallest absolute Gasteiger partial charge is 0.169 e. The van der Waals surface area contributed by atoms with Crippen molar-refractivity contribution in [1.29, 1.82) is 0 Å². The topological polar surface area (TPSA) is 38.7 Å². The third-order valence-electron chi connectivity index (χ3n) is 11.4. The SMILES string of the molecule is Cc1cccc(C#Cc2ccc(C3CC4(C)C(O)CCC4C4CCC5CC6(CCC5=C34)OCC(C)(C)CO6)cc2)c1. The van der Waals surface area contributed by atoms with Crippen LogP contribution in [0.2, 0.25) is 0 Å². The summed E-state index contributed by atoms with van der Waals surface area (Å²) in [5, 5.41) is 11.3. The molecular formula is C38H46O3. The molecule has 3 heteroatoms. The van der Waals surface area contributed by atoms with Crippen LogP contribution < -0.4 is 0 Å². The number of aryl methyl sites for hydroxylation is 1. The Bertz CT molecular complexity index is 1390. The Hall–Kier alpha value is -2.38. The van der Waals surface area contributed by atoms with Gasteiger partial charge >= 0.3 is 0 Å². The fourth-order valence-corrected chi connectivity index (χ4v) is 9.17. The summed E-state index contributed by atoms with van der Waals surface area (Å²) in [5.74, 6) is 8.43. The van der Waals surface area contributed by atoms with Gasteiger partial charge in [-0.3, -0.25) is 0 Å². The number of ether oxygens (including phenoxy) is 2. The summed E-state index contributed by atoms with van der Waals surface area (Å²) < 4.78 is 13.0. The van der Waals surface area contributed by atoms with E-state index in [1.807, 2.05) is 0 Å². The molecule has 4 aliphatic carbocycles. The summed E-state index contributed by atoms with van der Waals surface area (Å²) in [6, 6.07) is 17.5. The highest BCUT2D eigenvalue weighted by atomic mass is 16.7. The van der Waals surface area contributed by atoms with E-state index in [9.17, 15) is 5.11 Å². The number of benzene rings is 2. The van der Waals surface area contributed by atoms with Gasteiger partial charge in [-0.1, -0.05) is 68.0 Å². The lowest BCUT2D eigenvalue weighted by molar-refractivity contribution is -0.312. The molecule has 4 fully saturated rings. The molecule has 3 nitrogen and oxygen atoms in total. The van der Waals surface area contributed by atoms with Crippen LogP contribution in [0.1, 0.15) is 100 Å². The third-order valence-corrected chi connectivity index (χ3v) is 11.4. The van der Waals surface area contributed by atoms with Crippen LogP contribution in [0, 0.1) is 47.3 Å². The average molecular weight is 551 g/mol. The maximum atomic E-state index is 11.3. The molecule has 2 aromatic carbocycles. The normalized spacial score (nSPS) is 35.2. The Morgan fingerprint density at radius 2 is 1.61 bits per heavy atom. The maximum Gasteiger partial charge on any atom is 0.169 e. The first-order valence-corrected chi connectivity index (χ1v) is 16.0. The lowest BCUT2D eigenvalue weighted by atomic mass is 9.52. The van der Waals surface area contributed by atoms with Gasteiger partial charge in [0.05, 0.1) is 19.3 Å². The molecule has 5 aliphatic rings. The monoisotopic (exact) mass is 550 g/mol. The van der Waals surface area contributed by atoms with Crippen LogP contribution in [0.3, 0.4) is 0 Å². The van der Waals surface area contributed by atoms with Crippen molar-refractivity contribution in [3.8, 4) is 11.8 Å². The molecule has 6 unspecified atom stereocenters. The van der Waals surface area contributed by atoms with Gasteiger partial charge in [0.15, 0.2) is 5.79 Å². The van der Waals surface area contributed by atoms with Gasteiger partial charge < -0.3 is 14.6 Å². The molecule has 0 aromatic heterocycles. The zero-order valence-electron chi connectivity index (χ0n) is 25.3. The van der Waals surface area contributed by atoms with E-state index in [1.165, 1.54) is 24.0 Å². The first-order chi connectivity index (χ1) is 19.6. The first-order valence-electron chi connectivity index (χ1n) is 16.0. The van der Waals surface area contributed by atoms with Gasteiger partial charge in [0, 0.05) is 35.3 Å². The van der Waals surface area contributed by atoms with E-state index in [0.717, 1.165) is 62.9 Å². The molecule has 2 aromatic rings. The Labute approximate surface area is 246 Å². The second-order valence-electron chi connectivity index (χ2n) is 14.9. The van der Waals surface area contributed by atoms with Gasteiger partial charge in [0.2, 0.25) is 0 Å². The van der Waals surface area contributed by atoms with E-state index < -0.39 is 5.79 Å². The molecular weight excluding hydrogens is 504 g/mol. The predicted octanol–water partition coefficient (Wildman–Crippen LogP) is 7.94. The molecule has 41 heavy (non-hydrogen) atoms. The molecule has 7 rings (SSSR count). The van der Waals surface area contributed by atoms with Gasteiger partial charge in [-0.15, -0.1) is 0 Å². The van der Waals surface area contributed by atoms with Crippen LogP contribution in [-0.4, -0.2) is 30.2 Å². The Kier molecular flexibility index (Phi) is 6.77. The molecule has 0 radical (unpaired) electrons. The summed E-state index contributed by atoms with van der Waals surface area (Å²) in [5.41, 5.74) is 8.27. The lowest BCUT2D eigenvalue weighted by Gasteiger charge is -2.55. The molecule has 1 N–H and O–H groups in total. The molecule has 1 saturated heterocycles. The van der Waals surface area contributed by atoms with Gasteiger partial charge in [0.1, 0.15) is 0 Å². The minimum Gasteiger partial charge on any atom is -0.393 e. The van der Waals surface area contributed by atoms with E-state index >= 15 is 0 Å². The number of aliphatic hydroxyl groups is 1. The van der Waals surface area contributed by atoms with Gasteiger partial charge in [-0.05, 0) is 104 Å². The fourth-order valence-electron chi connectivity index (χ4n) is 9.17. The van der Waals surface area contributed by atoms with Crippen molar-refractivity contribution in [1.82, 2.24) is 0 Å². The van der Waals surface area contributed by atoms with Crippen LogP contribution in [0.25, 0.3) is 0 Å². The van der Waals surface area contributed by atoms with Crippen molar-refractivity contribution >= 4 is 0 Å². The van der Waals surface area contributed by atoms with E-state index in [0.29, 0.717) is 23.7 Å². The minimum absolute atomic E-state index is 0.00700. The second kappa shape index (κ2) is 10.1. The fraction of sp³-hybridized carbons (Fsp3) is 0.579. The standard InChI is InChI=1S/C38H46O3/c1-25-6-5-7-27(20-25)9-8-26-10-12-28(13-11-26)32-22-37(4)33(16-17-34(37)39)31-15-14-29-21-38(19-18-30(29)35(31)32)40-23-36(2,3)24-41-38/h5-7,10-13,20,29,31-34,39H,14-19,21-24H2,1-4H3. The largest absolute Gasteiger partial charge is 0.393 e. The van der Waals surface area contributed by atoms with Crippen molar-refractivity contribution in [2.45, 2.75) is 96.9 Å². The first kappa shape index (κ1) is 27.5. The predicted molar refractivity (Wildman–Crippen MR) is 163 cm³/mol. The number of fused-ring (bicyclic) bond motifs is 4. The summed E-state index contributed by atoms with van der Waals surface area (Å²) in [4.78, 5) is 0. The van der Waals surface area contributed by atoms with E-state index in [-0.39, 0.29) is 16.9 Å². The summed E-state index contributed by atoms with van der Waals surface area (Å²) in [7, 11) is 0. The van der Waals surface area contributed by atoms with Crippen molar-refractivity contribution in [2.24, 2.45) is 28.6 Å². The summed E-state index contributed by atoms with van der Waals surface area (Å²) in [6.45, 7) is 10.5. The van der Waals surface area contributed by atoms with E-state index in [2.05, 4.69) is 88.1 Å². The number of rotatable bonds is 1. The molecule has 1 heterocycles. The third kappa shape index (κ3) is 4.91. The van der Waals surface area contributed by atoms with Crippen molar-refractivity contribution in [3.05, 3.63) is 81.9 Å². The van der Waals surface area contributed by atoms with E-state index in [1.54, 1.807) is 11.1 Å². The van der Waals surface area contributed by atoms with Crippen LogP contribution in [-0.2, 0) is 9.47 Å². The molecule has 216 valence electrons. The lowest BCUT2D eigenvalue weighted by Crippen LogP contribution is -2.52. The van der Waals surface area contributed by atoms with E-state index in [4.69, 9.17) is 9.47 Å². The highest BCUT2D eigenvalue weighted by Gasteiger charge is 2.57. The Morgan fingerprint density at radius 3 is 2.37 bits per heavy atom. The summed E-state index contributed by atoms with van der Waals surface area (Å²) >= 11 is 0. The van der Waals surface area contributed by atoms with Crippen LogP contribution in [0.4, 0.5) is 0 Å². The molecule has 0 amide bonds. The number of hydrogen-bond acceptors (Lipinski definition) is 3. The molecule has 1 aliphatic heterocycles. The summed E-state index contributed by atoms with van der Waals surface area (Å²) in [6.07, 6.45) is 8.47. The second-order valence-corrected chi connectivity index (χ2v) is 14.9. The van der Waals surface area contributed by atoms with Crippen LogP contribution in [0.15, 0.2) is 59.7 Å². The zero-order chi connectivity index (χ0) is 28.4. The quantitative estimate of drug-likeness (QED) is 0.289. The van der Waals surface area contributed by atoms with Gasteiger partial charge in [-0.25, -0.2) is 0 Å². The Balaban J connectivity index is 1.21.